The van der Waals surface area contributed by atoms with E-state index in [4.69, 9.17) is 9.72 Å². The predicted molar refractivity (Wildman–Crippen MR) is 104 cm³/mol. The number of rotatable bonds is 4. The van der Waals surface area contributed by atoms with E-state index in [1.807, 2.05) is 4.57 Å². The van der Waals surface area contributed by atoms with Crippen LogP contribution in [0.5, 0.6) is 0 Å². The second-order valence-corrected chi connectivity index (χ2v) is 8.04. The molecule has 2 aromatic rings. The Morgan fingerprint density at radius 3 is 2.59 bits per heavy atom. The lowest BCUT2D eigenvalue weighted by molar-refractivity contribution is 0.184. The number of hydrogen-bond acceptors (Lipinski definition) is 5. The van der Waals surface area contributed by atoms with Gasteiger partial charge < -0.3 is 14.2 Å². The first-order valence-corrected chi connectivity index (χ1v) is 9.98. The van der Waals surface area contributed by atoms with Gasteiger partial charge in [-0.15, -0.1) is 0 Å². The maximum Gasteiger partial charge on any atom is 0.332 e. The molecule has 0 amide bonds. The van der Waals surface area contributed by atoms with E-state index in [2.05, 4.69) is 11.8 Å². The highest BCUT2D eigenvalue weighted by Crippen LogP contribution is 2.32. The van der Waals surface area contributed by atoms with E-state index >= 15 is 0 Å². The second-order valence-electron chi connectivity index (χ2n) is 8.04. The first-order chi connectivity index (χ1) is 13.0. The van der Waals surface area contributed by atoms with Crippen LogP contribution in [0.1, 0.15) is 39.0 Å². The molecule has 0 bridgehead atoms. The van der Waals surface area contributed by atoms with Crippen molar-refractivity contribution in [3.05, 3.63) is 20.8 Å². The summed E-state index contributed by atoms with van der Waals surface area (Å²) in [5.41, 5.74) is 0.429. The Balaban J connectivity index is 1.90. The Morgan fingerprint density at radius 2 is 1.89 bits per heavy atom. The van der Waals surface area contributed by atoms with Gasteiger partial charge in [-0.25, -0.2) is 4.79 Å². The number of methoxy groups -OCH3 is 1. The summed E-state index contributed by atoms with van der Waals surface area (Å²) in [6, 6.07) is 0.477. The molecule has 3 heterocycles. The van der Waals surface area contributed by atoms with Crippen LogP contribution >= 0.6 is 0 Å². The summed E-state index contributed by atoms with van der Waals surface area (Å²) in [6.45, 7) is 4.51. The summed E-state index contributed by atoms with van der Waals surface area (Å²) in [5, 5.41) is 0. The fourth-order valence-electron chi connectivity index (χ4n) is 4.62. The van der Waals surface area contributed by atoms with Crippen molar-refractivity contribution in [2.45, 2.75) is 58.2 Å². The Bertz CT molecular complexity index is 951. The highest BCUT2D eigenvalue weighted by molar-refractivity contribution is 5.75. The number of anilines is 1. The molecular formula is C19H29N5O3. The summed E-state index contributed by atoms with van der Waals surface area (Å²) < 4.78 is 9.89. The first-order valence-electron chi connectivity index (χ1n) is 9.98. The summed E-state index contributed by atoms with van der Waals surface area (Å²) in [6.07, 6.45) is 6.14. The molecule has 27 heavy (non-hydrogen) atoms. The highest BCUT2D eigenvalue weighted by atomic mass is 16.5. The average Bonchev–Trinajstić information content (AvgIpc) is 3.06. The van der Waals surface area contributed by atoms with Crippen molar-refractivity contribution >= 4 is 17.1 Å². The number of aromatic nitrogens is 4. The number of hydrogen-bond donors (Lipinski definition) is 0. The lowest BCUT2D eigenvalue weighted by Crippen LogP contribution is -2.45. The minimum atomic E-state index is -0.336. The molecule has 8 nitrogen and oxygen atoms in total. The van der Waals surface area contributed by atoms with Crippen molar-refractivity contribution in [3.63, 3.8) is 0 Å². The lowest BCUT2D eigenvalue weighted by atomic mass is 9.93. The summed E-state index contributed by atoms with van der Waals surface area (Å²) in [4.78, 5) is 33.0. The third kappa shape index (κ3) is 2.99. The van der Waals surface area contributed by atoms with Gasteiger partial charge in [0.15, 0.2) is 11.2 Å². The van der Waals surface area contributed by atoms with Crippen LogP contribution in [0.25, 0.3) is 11.2 Å². The summed E-state index contributed by atoms with van der Waals surface area (Å²) >= 11 is 0. The van der Waals surface area contributed by atoms with Crippen LogP contribution in [-0.4, -0.2) is 45.0 Å². The molecule has 148 valence electrons. The van der Waals surface area contributed by atoms with E-state index < -0.39 is 0 Å². The van der Waals surface area contributed by atoms with Gasteiger partial charge in [-0.2, -0.15) is 4.98 Å². The van der Waals surface area contributed by atoms with E-state index in [9.17, 15) is 9.59 Å². The van der Waals surface area contributed by atoms with Crippen molar-refractivity contribution < 1.29 is 4.74 Å². The molecule has 1 aliphatic heterocycles. The van der Waals surface area contributed by atoms with Gasteiger partial charge in [-0.3, -0.25) is 13.9 Å². The van der Waals surface area contributed by atoms with Crippen LogP contribution in [0, 0.1) is 5.92 Å². The van der Waals surface area contributed by atoms with E-state index in [1.54, 1.807) is 14.2 Å². The molecule has 0 saturated heterocycles. The largest absolute Gasteiger partial charge is 0.383 e. The number of aryl methyl sites for hydroxylation is 1. The zero-order valence-corrected chi connectivity index (χ0v) is 16.5. The fraction of sp³-hybridized carbons (Fsp3) is 0.737. The minimum Gasteiger partial charge on any atom is -0.383 e. The Labute approximate surface area is 158 Å². The molecule has 0 spiro atoms. The van der Waals surface area contributed by atoms with Crippen LogP contribution in [0.2, 0.25) is 0 Å². The Hall–Kier alpha value is -2.09. The predicted octanol–water partition coefficient (Wildman–Crippen LogP) is 1.33. The zero-order chi connectivity index (χ0) is 19.1. The van der Waals surface area contributed by atoms with E-state index in [0.29, 0.717) is 29.7 Å². The number of nitrogens with zero attached hydrogens (tertiary/aromatic N) is 5. The van der Waals surface area contributed by atoms with Crippen LogP contribution in [-0.2, 0) is 24.9 Å². The molecule has 1 aliphatic carbocycles. The molecule has 1 fully saturated rings. The maximum absolute atomic E-state index is 13.1. The van der Waals surface area contributed by atoms with Gasteiger partial charge in [0.2, 0.25) is 5.95 Å². The average molecular weight is 375 g/mol. The van der Waals surface area contributed by atoms with Gasteiger partial charge in [0, 0.05) is 33.3 Å². The van der Waals surface area contributed by atoms with E-state index in [1.165, 1.54) is 41.2 Å². The van der Waals surface area contributed by atoms with Crippen molar-refractivity contribution in [1.82, 2.24) is 18.7 Å². The zero-order valence-electron chi connectivity index (χ0n) is 16.5. The van der Waals surface area contributed by atoms with Crippen LogP contribution in [0.15, 0.2) is 9.59 Å². The molecule has 1 saturated carbocycles. The number of ether oxygens (including phenoxy) is 1. The van der Waals surface area contributed by atoms with Crippen LogP contribution in [0.3, 0.4) is 0 Å². The summed E-state index contributed by atoms with van der Waals surface area (Å²) in [5.74, 6) is 1.28. The van der Waals surface area contributed by atoms with Crippen LogP contribution in [0.4, 0.5) is 5.95 Å². The molecule has 0 radical (unpaired) electrons. The molecule has 0 N–H and O–H groups in total. The standard InChI is InChI=1S/C19H29N5O3/c1-13-11-23(14-7-5-4-6-8-14)18-20-16-15(24(18)12-13)17(25)22(9-10-27-3)19(26)21(16)2/h13-14H,4-12H2,1-3H3/t13-/m1/s1. The molecule has 0 aromatic carbocycles. The number of fused-ring (bicyclic) bond motifs is 3. The van der Waals surface area contributed by atoms with Gasteiger partial charge in [0.05, 0.1) is 13.2 Å². The first kappa shape index (κ1) is 18.3. The molecule has 2 aliphatic rings. The normalized spacial score (nSPS) is 21.0. The van der Waals surface area contributed by atoms with E-state index in [0.717, 1.165) is 19.0 Å². The molecule has 1 atom stereocenters. The molecule has 4 rings (SSSR count). The smallest absolute Gasteiger partial charge is 0.332 e. The molecule has 8 heteroatoms. The Kier molecular flexibility index (Phi) is 4.84. The van der Waals surface area contributed by atoms with Crippen molar-refractivity contribution in [1.29, 1.82) is 0 Å². The number of imidazole rings is 1. The monoisotopic (exact) mass is 375 g/mol. The van der Waals surface area contributed by atoms with Crippen molar-refractivity contribution in [2.24, 2.45) is 13.0 Å². The second kappa shape index (κ2) is 7.14. The Morgan fingerprint density at radius 1 is 1.15 bits per heavy atom. The third-order valence-corrected chi connectivity index (χ3v) is 6.01. The van der Waals surface area contributed by atoms with Crippen molar-refractivity contribution in [3.8, 4) is 0 Å². The minimum absolute atomic E-state index is 0.250. The van der Waals surface area contributed by atoms with Gasteiger partial charge in [0.1, 0.15) is 0 Å². The quantitative estimate of drug-likeness (QED) is 0.806. The molecule has 0 unspecified atom stereocenters. The van der Waals surface area contributed by atoms with Gasteiger partial charge in [-0.05, 0) is 18.8 Å². The summed E-state index contributed by atoms with van der Waals surface area (Å²) in [7, 11) is 3.26. The third-order valence-electron chi connectivity index (χ3n) is 6.01. The van der Waals surface area contributed by atoms with Gasteiger partial charge in [0.25, 0.3) is 5.56 Å². The SMILES string of the molecule is COCCn1c(=O)c2c(nc3n2C[C@H](C)CN3C2CCCCC2)n(C)c1=O. The van der Waals surface area contributed by atoms with Crippen LogP contribution < -0.4 is 16.1 Å². The highest BCUT2D eigenvalue weighted by Gasteiger charge is 2.33. The maximum atomic E-state index is 13.1. The fourth-order valence-corrected chi connectivity index (χ4v) is 4.62. The molecule has 2 aromatic heterocycles. The lowest BCUT2D eigenvalue weighted by Gasteiger charge is -2.40. The van der Waals surface area contributed by atoms with E-state index in [-0.39, 0.29) is 17.8 Å². The van der Waals surface area contributed by atoms with Gasteiger partial charge in [-0.1, -0.05) is 26.2 Å². The van der Waals surface area contributed by atoms with Gasteiger partial charge >= 0.3 is 5.69 Å². The van der Waals surface area contributed by atoms with Crippen molar-refractivity contribution in [2.75, 3.05) is 25.2 Å². The molecular weight excluding hydrogens is 346 g/mol. The topological polar surface area (TPSA) is 74.3 Å².